The van der Waals surface area contributed by atoms with Crippen LogP contribution in [0.4, 0.5) is 14.5 Å². The van der Waals surface area contributed by atoms with E-state index in [1.165, 1.54) is 22.3 Å². The SMILES string of the molecule is Cc1cc2c(=O)n(-c3c(-c4cn(Cc5ccccc5)nn4)c(C#N)c(N)c(C#N)c3-c3ccc(F)cc3F)cnc2s1. The summed E-state index contributed by atoms with van der Waals surface area (Å²) in [6.45, 7) is 2.18. The number of hydrogen-bond donors (Lipinski definition) is 1. The zero-order valence-corrected chi connectivity index (χ0v) is 22.7. The van der Waals surface area contributed by atoms with Crippen LogP contribution in [0.25, 0.3) is 38.3 Å². The average molecular weight is 577 g/mol. The quantitative estimate of drug-likeness (QED) is 0.274. The lowest BCUT2D eigenvalue weighted by molar-refractivity contribution is 0.585. The molecule has 6 rings (SSSR count). The lowest BCUT2D eigenvalue weighted by Gasteiger charge is -2.21. The number of halogens is 2. The highest BCUT2D eigenvalue weighted by Gasteiger charge is 2.30. The summed E-state index contributed by atoms with van der Waals surface area (Å²) in [6.07, 6.45) is 2.81. The molecular formula is C30H18F2N8OS. The van der Waals surface area contributed by atoms with E-state index in [1.54, 1.807) is 12.3 Å². The number of rotatable bonds is 5. The molecule has 0 aliphatic rings. The highest BCUT2D eigenvalue weighted by Crippen LogP contribution is 2.44. The Morgan fingerprint density at radius 3 is 2.48 bits per heavy atom. The average Bonchev–Trinajstić information content (AvgIpc) is 3.60. The molecule has 0 bridgehead atoms. The molecule has 204 valence electrons. The van der Waals surface area contributed by atoms with Crippen molar-refractivity contribution >= 4 is 27.2 Å². The molecule has 0 radical (unpaired) electrons. The molecule has 0 aliphatic carbocycles. The summed E-state index contributed by atoms with van der Waals surface area (Å²) in [5.74, 6) is -1.83. The standard InChI is InChI=1S/C30H18F2N8OS/c1-16-9-20-29(42-16)36-15-40(30(20)41)28-25(19-8-7-18(31)10-23(19)32)21(11-33)27(35)22(12-34)26(28)24-14-39(38-37-24)13-17-5-3-2-4-6-17/h2-10,14-15H,13,35H2,1H3. The van der Waals surface area contributed by atoms with Crippen molar-refractivity contribution in [2.45, 2.75) is 13.5 Å². The molecule has 9 nitrogen and oxygen atoms in total. The number of nitrogens with two attached hydrogens (primary N) is 1. The van der Waals surface area contributed by atoms with Crippen LogP contribution in [0.3, 0.4) is 0 Å². The summed E-state index contributed by atoms with van der Waals surface area (Å²) in [7, 11) is 0. The summed E-state index contributed by atoms with van der Waals surface area (Å²) in [4.78, 5) is 19.7. The number of fused-ring (bicyclic) bond motifs is 1. The van der Waals surface area contributed by atoms with E-state index >= 15 is 4.39 Å². The van der Waals surface area contributed by atoms with Crippen molar-refractivity contribution in [3.05, 3.63) is 111 Å². The van der Waals surface area contributed by atoms with Gasteiger partial charge in [0.15, 0.2) is 0 Å². The third kappa shape index (κ3) is 4.36. The van der Waals surface area contributed by atoms with E-state index in [2.05, 4.69) is 15.3 Å². The monoisotopic (exact) mass is 576 g/mol. The molecule has 0 atom stereocenters. The Balaban J connectivity index is 1.74. The molecule has 6 aromatic rings. The van der Waals surface area contributed by atoms with Crippen LogP contribution in [0.2, 0.25) is 0 Å². The van der Waals surface area contributed by atoms with E-state index in [9.17, 15) is 19.7 Å². The predicted molar refractivity (Wildman–Crippen MR) is 154 cm³/mol. The van der Waals surface area contributed by atoms with Crippen molar-refractivity contribution in [3.8, 4) is 40.2 Å². The van der Waals surface area contributed by atoms with Gasteiger partial charge in [-0.1, -0.05) is 35.5 Å². The van der Waals surface area contributed by atoms with Crippen LogP contribution in [-0.4, -0.2) is 24.5 Å². The van der Waals surface area contributed by atoms with Gasteiger partial charge in [-0.25, -0.2) is 18.4 Å². The highest BCUT2D eigenvalue weighted by molar-refractivity contribution is 7.18. The largest absolute Gasteiger partial charge is 0.397 e. The first kappa shape index (κ1) is 26.5. The Kier molecular flexibility index (Phi) is 6.53. The van der Waals surface area contributed by atoms with Crippen molar-refractivity contribution in [2.24, 2.45) is 0 Å². The molecule has 0 unspecified atom stereocenters. The number of anilines is 1. The fourth-order valence-electron chi connectivity index (χ4n) is 4.90. The zero-order valence-electron chi connectivity index (χ0n) is 21.8. The fourth-order valence-corrected chi connectivity index (χ4v) is 5.73. The minimum atomic E-state index is -0.996. The van der Waals surface area contributed by atoms with Gasteiger partial charge in [0.25, 0.3) is 5.56 Å². The van der Waals surface area contributed by atoms with Gasteiger partial charge >= 0.3 is 0 Å². The minimum absolute atomic E-state index is 0.0437. The van der Waals surface area contributed by atoms with Crippen molar-refractivity contribution in [3.63, 3.8) is 0 Å². The van der Waals surface area contributed by atoms with Crippen LogP contribution in [0, 0.1) is 41.2 Å². The Labute approximate surface area is 241 Å². The molecule has 12 heteroatoms. The van der Waals surface area contributed by atoms with E-state index in [0.29, 0.717) is 17.4 Å². The van der Waals surface area contributed by atoms with Gasteiger partial charge in [0, 0.05) is 27.6 Å². The van der Waals surface area contributed by atoms with Gasteiger partial charge in [-0.3, -0.25) is 9.36 Å². The first-order chi connectivity index (χ1) is 20.3. The Morgan fingerprint density at radius 2 is 1.76 bits per heavy atom. The van der Waals surface area contributed by atoms with Gasteiger partial charge in [-0.05, 0) is 30.7 Å². The van der Waals surface area contributed by atoms with E-state index in [-0.39, 0.29) is 50.3 Å². The van der Waals surface area contributed by atoms with Crippen LogP contribution < -0.4 is 11.3 Å². The van der Waals surface area contributed by atoms with Gasteiger partial charge in [0.05, 0.1) is 40.6 Å². The third-order valence-corrected chi connectivity index (χ3v) is 7.69. The maximum atomic E-state index is 15.4. The molecule has 3 aromatic carbocycles. The second-order valence-corrected chi connectivity index (χ2v) is 10.6. The lowest BCUT2D eigenvalue weighted by Crippen LogP contribution is -2.21. The van der Waals surface area contributed by atoms with Crippen LogP contribution in [-0.2, 0) is 6.54 Å². The number of nitrogen functional groups attached to an aromatic ring is 1. The highest BCUT2D eigenvalue weighted by atomic mass is 32.1. The van der Waals surface area contributed by atoms with E-state index in [4.69, 9.17) is 5.73 Å². The first-order valence-corrected chi connectivity index (χ1v) is 13.3. The van der Waals surface area contributed by atoms with Gasteiger partial charge in [-0.2, -0.15) is 10.5 Å². The van der Waals surface area contributed by atoms with Gasteiger partial charge in [0.1, 0.15) is 40.6 Å². The number of aromatic nitrogens is 5. The minimum Gasteiger partial charge on any atom is -0.397 e. The third-order valence-electron chi connectivity index (χ3n) is 6.73. The normalized spacial score (nSPS) is 11.0. The van der Waals surface area contributed by atoms with Crippen LogP contribution in [0.5, 0.6) is 0 Å². The number of nitrogens with zero attached hydrogens (tertiary/aromatic N) is 7. The van der Waals surface area contributed by atoms with Crippen molar-refractivity contribution in [1.82, 2.24) is 24.5 Å². The van der Waals surface area contributed by atoms with Crippen molar-refractivity contribution in [1.29, 1.82) is 10.5 Å². The van der Waals surface area contributed by atoms with Gasteiger partial charge < -0.3 is 5.73 Å². The fraction of sp³-hybridized carbons (Fsp3) is 0.0667. The van der Waals surface area contributed by atoms with Crippen LogP contribution in [0.15, 0.2) is 71.9 Å². The van der Waals surface area contributed by atoms with Crippen molar-refractivity contribution in [2.75, 3.05) is 5.73 Å². The number of aryl methyl sites for hydroxylation is 1. The van der Waals surface area contributed by atoms with E-state index in [0.717, 1.165) is 27.1 Å². The van der Waals surface area contributed by atoms with Gasteiger partial charge in [-0.15, -0.1) is 16.4 Å². The first-order valence-electron chi connectivity index (χ1n) is 12.5. The smallest absolute Gasteiger partial charge is 0.266 e. The molecule has 0 fully saturated rings. The lowest BCUT2D eigenvalue weighted by atomic mass is 9.88. The number of thiophene rings is 1. The van der Waals surface area contributed by atoms with Crippen LogP contribution >= 0.6 is 11.3 Å². The molecule has 0 amide bonds. The second-order valence-electron chi connectivity index (χ2n) is 9.39. The molecule has 0 saturated carbocycles. The van der Waals surface area contributed by atoms with Gasteiger partial charge in [0.2, 0.25) is 0 Å². The van der Waals surface area contributed by atoms with Crippen LogP contribution in [0.1, 0.15) is 21.6 Å². The zero-order chi connectivity index (χ0) is 29.5. The summed E-state index contributed by atoms with van der Waals surface area (Å²) >= 11 is 1.32. The summed E-state index contributed by atoms with van der Waals surface area (Å²) in [5, 5.41) is 29.2. The maximum Gasteiger partial charge on any atom is 0.266 e. The Bertz CT molecular complexity index is 2170. The second kappa shape index (κ2) is 10.4. The van der Waals surface area contributed by atoms with Crippen molar-refractivity contribution < 1.29 is 8.78 Å². The maximum absolute atomic E-state index is 15.4. The summed E-state index contributed by atoms with van der Waals surface area (Å²) in [6, 6.07) is 18.0. The summed E-state index contributed by atoms with van der Waals surface area (Å²) < 4.78 is 32.1. The molecule has 0 aliphatic heterocycles. The molecule has 0 saturated heterocycles. The topological polar surface area (TPSA) is 139 Å². The van der Waals surface area contributed by atoms with E-state index < -0.39 is 17.2 Å². The Hall–Kier alpha value is -5.72. The molecule has 3 aromatic heterocycles. The predicted octanol–water partition coefficient (Wildman–Crippen LogP) is 5.33. The molecular weight excluding hydrogens is 558 g/mol. The van der Waals surface area contributed by atoms with E-state index in [1.807, 2.05) is 49.4 Å². The summed E-state index contributed by atoms with van der Waals surface area (Å²) in [5.41, 5.74) is 5.92. The molecule has 2 N–H and O–H groups in total. The Morgan fingerprint density at radius 1 is 1.02 bits per heavy atom. The molecule has 3 heterocycles. The molecule has 0 spiro atoms. The number of benzene rings is 3. The molecule has 42 heavy (non-hydrogen) atoms. The number of nitriles is 2. The number of hydrogen-bond acceptors (Lipinski definition) is 8.